The zero-order valence-electron chi connectivity index (χ0n) is 19.4. The van der Waals surface area contributed by atoms with Crippen LogP contribution in [0.1, 0.15) is 43.9 Å². The average molecular weight is 438 g/mol. The normalized spacial score (nSPS) is 15.4. The number of likely N-dealkylation sites (tertiary alicyclic amines) is 1. The molecule has 1 aliphatic heterocycles. The van der Waals surface area contributed by atoms with E-state index in [-0.39, 0.29) is 23.9 Å². The maximum Gasteiger partial charge on any atom is 0.242 e. The summed E-state index contributed by atoms with van der Waals surface area (Å²) in [5.41, 5.74) is 1.92. The number of ether oxygens (including phenoxy) is 1. The van der Waals surface area contributed by atoms with Crippen molar-refractivity contribution in [1.29, 1.82) is 0 Å². The number of nitrogens with zero attached hydrogens (tertiary/aromatic N) is 2. The maximum atomic E-state index is 13.3. The van der Waals surface area contributed by atoms with Crippen LogP contribution in [0.4, 0.5) is 0 Å². The number of para-hydroxylation sites is 1. The van der Waals surface area contributed by atoms with Gasteiger partial charge in [-0.05, 0) is 37.6 Å². The van der Waals surface area contributed by atoms with Gasteiger partial charge in [-0.2, -0.15) is 0 Å². The number of amides is 2. The van der Waals surface area contributed by atoms with Crippen molar-refractivity contribution >= 4 is 11.8 Å². The zero-order chi connectivity index (χ0) is 22.9. The summed E-state index contributed by atoms with van der Waals surface area (Å²) in [5, 5.41) is 3.26. The Hall–Kier alpha value is -2.86. The van der Waals surface area contributed by atoms with Crippen LogP contribution >= 0.6 is 0 Å². The number of carbonyl (C=O) groups excluding carboxylic acids is 2. The first kappa shape index (κ1) is 23.8. The molecule has 0 saturated carbocycles. The third-order valence-corrected chi connectivity index (χ3v) is 6.27. The molecule has 172 valence electrons. The van der Waals surface area contributed by atoms with Gasteiger partial charge in [-0.25, -0.2) is 0 Å². The minimum atomic E-state index is -0.295. The Labute approximate surface area is 191 Å². The molecule has 1 aliphatic rings. The van der Waals surface area contributed by atoms with Crippen molar-refractivity contribution in [1.82, 2.24) is 15.1 Å². The van der Waals surface area contributed by atoms with Crippen molar-refractivity contribution in [3.63, 3.8) is 0 Å². The molecule has 1 fully saturated rings. The number of piperidine rings is 1. The summed E-state index contributed by atoms with van der Waals surface area (Å²) < 4.78 is 5.37. The second kappa shape index (κ2) is 11.7. The predicted octanol–water partition coefficient (Wildman–Crippen LogP) is 3.43. The number of hydrogen-bond acceptors (Lipinski definition) is 4. The Kier molecular flexibility index (Phi) is 8.68. The lowest BCUT2D eigenvalue weighted by molar-refractivity contribution is -0.132. The Balaban J connectivity index is 1.57. The highest BCUT2D eigenvalue weighted by Crippen LogP contribution is 2.23. The molecule has 0 spiro atoms. The van der Waals surface area contributed by atoms with E-state index in [1.54, 1.807) is 7.11 Å². The van der Waals surface area contributed by atoms with Crippen LogP contribution in [-0.4, -0.2) is 60.9 Å². The molecular formula is C26H35N3O3. The Morgan fingerprint density at radius 3 is 2.28 bits per heavy atom. The fourth-order valence-electron chi connectivity index (χ4n) is 4.43. The molecule has 0 aromatic heterocycles. The third-order valence-electron chi connectivity index (χ3n) is 6.27. The lowest BCUT2D eigenvalue weighted by Crippen LogP contribution is -2.50. The quantitative estimate of drug-likeness (QED) is 0.653. The summed E-state index contributed by atoms with van der Waals surface area (Å²) in [6.45, 7) is 7.08. The van der Waals surface area contributed by atoms with Gasteiger partial charge in [0.15, 0.2) is 0 Å². The Bertz CT molecular complexity index is 875. The third kappa shape index (κ3) is 5.88. The summed E-state index contributed by atoms with van der Waals surface area (Å²) in [5.74, 6) is 0.884. The fraction of sp³-hybridized carbons (Fsp3) is 0.462. The number of rotatable bonds is 9. The van der Waals surface area contributed by atoms with Crippen molar-refractivity contribution in [2.75, 3.05) is 33.3 Å². The van der Waals surface area contributed by atoms with Crippen LogP contribution in [0, 0.1) is 0 Å². The van der Waals surface area contributed by atoms with E-state index in [1.807, 2.05) is 59.5 Å². The van der Waals surface area contributed by atoms with Gasteiger partial charge < -0.3 is 15.0 Å². The second-order valence-electron chi connectivity index (χ2n) is 8.19. The van der Waals surface area contributed by atoms with Gasteiger partial charge in [-0.1, -0.05) is 62.4 Å². The van der Waals surface area contributed by atoms with Crippen molar-refractivity contribution in [2.45, 2.75) is 45.2 Å². The number of hydrogen-bond donors (Lipinski definition) is 1. The highest BCUT2D eigenvalue weighted by atomic mass is 16.5. The van der Waals surface area contributed by atoms with Crippen LogP contribution in [0.25, 0.3) is 0 Å². The topological polar surface area (TPSA) is 61.9 Å². The van der Waals surface area contributed by atoms with E-state index < -0.39 is 0 Å². The molecule has 0 radical (unpaired) electrons. The highest BCUT2D eigenvalue weighted by Gasteiger charge is 2.30. The lowest BCUT2D eigenvalue weighted by Gasteiger charge is -2.35. The monoisotopic (exact) mass is 437 g/mol. The number of benzene rings is 2. The van der Waals surface area contributed by atoms with Gasteiger partial charge in [0.25, 0.3) is 0 Å². The number of likely N-dealkylation sites (N-methyl/N-ethyl adjacent to an activating group) is 1. The number of carbonyl (C=O) groups is 2. The van der Waals surface area contributed by atoms with Gasteiger partial charge in [0.1, 0.15) is 11.8 Å². The molecule has 32 heavy (non-hydrogen) atoms. The summed E-state index contributed by atoms with van der Waals surface area (Å²) in [4.78, 5) is 30.1. The molecule has 1 atom stereocenters. The Morgan fingerprint density at radius 2 is 1.66 bits per heavy atom. The van der Waals surface area contributed by atoms with Gasteiger partial charge in [-0.15, -0.1) is 0 Å². The van der Waals surface area contributed by atoms with Gasteiger partial charge in [0, 0.05) is 24.7 Å². The molecule has 2 amide bonds. The Morgan fingerprint density at radius 1 is 1.03 bits per heavy atom. The van der Waals surface area contributed by atoms with Crippen LogP contribution in [0.15, 0.2) is 54.6 Å². The van der Waals surface area contributed by atoms with Crippen LogP contribution < -0.4 is 10.1 Å². The molecule has 1 saturated heterocycles. The van der Waals surface area contributed by atoms with E-state index in [1.165, 1.54) is 0 Å². The molecule has 1 heterocycles. The van der Waals surface area contributed by atoms with Crippen LogP contribution in [-0.2, 0) is 16.0 Å². The van der Waals surface area contributed by atoms with Crippen molar-refractivity contribution < 1.29 is 14.3 Å². The van der Waals surface area contributed by atoms with Crippen molar-refractivity contribution in [2.24, 2.45) is 0 Å². The molecule has 6 heteroatoms. The summed E-state index contributed by atoms with van der Waals surface area (Å²) in [6.07, 6.45) is 1.87. The molecule has 0 aliphatic carbocycles. The van der Waals surface area contributed by atoms with Gasteiger partial charge in [0.2, 0.25) is 11.8 Å². The van der Waals surface area contributed by atoms with Gasteiger partial charge in [-0.3, -0.25) is 14.5 Å². The van der Waals surface area contributed by atoms with Crippen LogP contribution in [0.2, 0.25) is 0 Å². The fourth-order valence-corrected chi connectivity index (χ4v) is 4.43. The molecule has 6 nitrogen and oxygen atoms in total. The molecule has 1 N–H and O–H groups in total. The predicted molar refractivity (Wildman–Crippen MR) is 127 cm³/mol. The standard InChI is InChI=1S/C26H35N3O3/c1-4-28(5-2)25(20-11-7-6-8-12-20)26(31)27-22-15-17-29(18-16-22)24(30)19-21-13-9-10-14-23(21)32-3/h6-14,22,25H,4-5,15-19H2,1-3H3,(H,27,31). The van der Waals surface area contributed by atoms with E-state index in [9.17, 15) is 9.59 Å². The first-order chi connectivity index (χ1) is 15.6. The highest BCUT2D eigenvalue weighted by molar-refractivity contribution is 5.83. The maximum absolute atomic E-state index is 13.3. The molecule has 3 rings (SSSR count). The van der Waals surface area contributed by atoms with Crippen molar-refractivity contribution in [3.05, 3.63) is 65.7 Å². The molecular weight excluding hydrogens is 402 g/mol. The molecule has 1 unspecified atom stereocenters. The summed E-state index contributed by atoms with van der Waals surface area (Å²) in [6, 6.07) is 17.4. The molecule has 0 bridgehead atoms. The van der Waals surface area contributed by atoms with Crippen molar-refractivity contribution in [3.8, 4) is 5.75 Å². The first-order valence-electron chi connectivity index (χ1n) is 11.6. The lowest BCUT2D eigenvalue weighted by atomic mass is 10.0. The van der Waals surface area contributed by atoms with E-state index in [0.717, 1.165) is 42.8 Å². The molecule has 2 aromatic carbocycles. The van der Waals surface area contributed by atoms with E-state index in [0.29, 0.717) is 19.5 Å². The molecule has 2 aromatic rings. The summed E-state index contributed by atoms with van der Waals surface area (Å²) >= 11 is 0. The second-order valence-corrected chi connectivity index (χ2v) is 8.19. The smallest absolute Gasteiger partial charge is 0.242 e. The number of methoxy groups -OCH3 is 1. The van der Waals surface area contributed by atoms with E-state index >= 15 is 0 Å². The van der Waals surface area contributed by atoms with E-state index in [4.69, 9.17) is 4.74 Å². The minimum Gasteiger partial charge on any atom is -0.496 e. The number of nitrogens with one attached hydrogen (secondary N) is 1. The zero-order valence-corrected chi connectivity index (χ0v) is 19.4. The van der Waals surface area contributed by atoms with Crippen LogP contribution in [0.5, 0.6) is 5.75 Å². The minimum absolute atomic E-state index is 0.0405. The van der Waals surface area contributed by atoms with Gasteiger partial charge >= 0.3 is 0 Å². The van der Waals surface area contributed by atoms with Crippen LogP contribution in [0.3, 0.4) is 0 Å². The first-order valence-corrected chi connectivity index (χ1v) is 11.6. The summed E-state index contributed by atoms with van der Waals surface area (Å²) in [7, 11) is 1.62. The largest absolute Gasteiger partial charge is 0.496 e. The SMILES string of the molecule is CCN(CC)C(C(=O)NC1CCN(C(=O)Cc2ccccc2OC)CC1)c1ccccc1. The van der Waals surface area contributed by atoms with Gasteiger partial charge in [0.05, 0.1) is 13.5 Å². The van der Waals surface area contributed by atoms with E-state index in [2.05, 4.69) is 24.1 Å². The average Bonchev–Trinajstić information content (AvgIpc) is 2.83.